The number of nitrogens with zero attached hydrogens (tertiary/aromatic N) is 1. The molecule has 0 radical (unpaired) electrons. The van der Waals surface area contributed by atoms with E-state index in [0.717, 1.165) is 51.4 Å². The molecule has 1 unspecified atom stereocenters. The van der Waals surface area contributed by atoms with E-state index in [9.17, 15) is 23.4 Å². The molecule has 3 N–H and O–H groups in total. The Hall–Kier alpha value is -1.60. The van der Waals surface area contributed by atoms with Gasteiger partial charge in [-0.05, 0) is 111 Å². The number of aliphatic hydroxyl groups is 2. The summed E-state index contributed by atoms with van der Waals surface area (Å²) < 4.78 is 43.0. The monoisotopic (exact) mass is 532 g/mol. The van der Waals surface area contributed by atoms with Crippen LogP contribution in [0.3, 0.4) is 0 Å². The van der Waals surface area contributed by atoms with Gasteiger partial charge < -0.3 is 15.2 Å². The molecule has 4 fully saturated rings. The highest BCUT2D eigenvalue weighted by Crippen LogP contribution is 2.68. The van der Waals surface area contributed by atoms with E-state index in [4.69, 9.17) is 0 Å². The highest BCUT2D eigenvalue weighted by atomic mass is 19.2. The van der Waals surface area contributed by atoms with Crippen LogP contribution in [0.25, 0.3) is 11.0 Å². The number of benzene rings is 1. The zero-order chi connectivity index (χ0) is 27.1. The molecule has 4 saturated carbocycles. The first-order chi connectivity index (χ1) is 18.0. The van der Waals surface area contributed by atoms with E-state index >= 15 is 0 Å². The van der Waals surface area contributed by atoms with Gasteiger partial charge in [0, 0.05) is 12.0 Å². The van der Waals surface area contributed by atoms with E-state index in [1.54, 1.807) is 0 Å². The molecule has 10 atom stereocenters. The van der Waals surface area contributed by atoms with Gasteiger partial charge in [0.1, 0.15) is 16.9 Å². The molecule has 7 heteroatoms. The summed E-state index contributed by atoms with van der Waals surface area (Å²) in [6, 6.07) is 0. The summed E-state index contributed by atoms with van der Waals surface area (Å²) >= 11 is 0. The molecule has 0 amide bonds. The van der Waals surface area contributed by atoms with Crippen LogP contribution in [0.4, 0.5) is 13.2 Å². The molecular weight excluding hydrogens is 489 g/mol. The maximum absolute atomic E-state index is 14.5. The van der Waals surface area contributed by atoms with Crippen molar-refractivity contribution in [1.29, 1.82) is 0 Å². The minimum atomic E-state index is -1.17. The second-order valence-electron chi connectivity index (χ2n) is 13.9. The van der Waals surface area contributed by atoms with E-state index in [1.165, 1.54) is 13.3 Å². The summed E-state index contributed by atoms with van der Waals surface area (Å²) in [6.45, 7) is 8.42. The Kier molecular flexibility index (Phi) is 6.46. The molecule has 2 aromatic rings. The lowest BCUT2D eigenvalue weighted by Crippen LogP contribution is -2.58. The van der Waals surface area contributed by atoms with E-state index in [2.05, 4.69) is 30.7 Å². The fourth-order valence-corrected chi connectivity index (χ4v) is 10.2. The number of fused-ring (bicyclic) bond motifs is 6. The largest absolute Gasteiger partial charge is 0.393 e. The molecule has 6 rings (SSSR count). The second kappa shape index (κ2) is 9.22. The van der Waals surface area contributed by atoms with Crippen molar-refractivity contribution < 1.29 is 23.4 Å². The van der Waals surface area contributed by atoms with Crippen molar-refractivity contribution in [3.8, 4) is 0 Å². The fourth-order valence-electron chi connectivity index (χ4n) is 10.2. The molecule has 4 aliphatic carbocycles. The van der Waals surface area contributed by atoms with E-state index in [1.807, 2.05) is 0 Å². The number of aromatic nitrogens is 2. The SMILES string of the molecule is Cc1c(F)c(F)c2nc(CCC(C)[C@H]3CC[C@H]4[C@@H]5[C@H](O)C[C@@H]6C[C@H](O)CC[C@]6(C)[C@H]5CC[C@]34C)[nH]c2c1F. The molecule has 1 heterocycles. The minimum Gasteiger partial charge on any atom is -0.393 e. The molecule has 1 aromatic heterocycles. The molecule has 0 spiro atoms. The number of halogens is 3. The van der Waals surface area contributed by atoms with Gasteiger partial charge in [0.25, 0.3) is 0 Å². The first-order valence-electron chi connectivity index (χ1n) is 14.8. The van der Waals surface area contributed by atoms with Crippen LogP contribution in [0, 0.1) is 70.7 Å². The van der Waals surface area contributed by atoms with Crippen molar-refractivity contribution >= 4 is 11.0 Å². The lowest BCUT2D eigenvalue weighted by atomic mass is 9.43. The molecule has 4 aliphatic rings. The zero-order valence-electron chi connectivity index (χ0n) is 23.2. The topological polar surface area (TPSA) is 69.1 Å². The van der Waals surface area contributed by atoms with E-state index in [-0.39, 0.29) is 39.6 Å². The molecule has 38 heavy (non-hydrogen) atoms. The fraction of sp³-hybridized carbons (Fsp3) is 0.774. The van der Waals surface area contributed by atoms with Crippen molar-refractivity contribution in [1.82, 2.24) is 9.97 Å². The third-order valence-electron chi connectivity index (χ3n) is 12.3. The van der Waals surface area contributed by atoms with E-state index < -0.39 is 17.5 Å². The van der Waals surface area contributed by atoms with Crippen molar-refractivity contribution in [2.75, 3.05) is 0 Å². The van der Waals surface area contributed by atoms with Crippen LogP contribution < -0.4 is 0 Å². The Morgan fingerprint density at radius 1 is 0.947 bits per heavy atom. The number of aliphatic hydroxyl groups excluding tert-OH is 2. The first kappa shape index (κ1) is 26.6. The summed E-state index contributed by atoms with van der Waals surface area (Å²) in [4.78, 5) is 7.14. The molecule has 4 nitrogen and oxygen atoms in total. The van der Waals surface area contributed by atoms with Gasteiger partial charge in [0.15, 0.2) is 17.5 Å². The van der Waals surface area contributed by atoms with Gasteiger partial charge in [0.05, 0.1) is 12.2 Å². The Morgan fingerprint density at radius 2 is 1.66 bits per heavy atom. The second-order valence-corrected chi connectivity index (χ2v) is 13.9. The van der Waals surface area contributed by atoms with Gasteiger partial charge in [-0.3, -0.25) is 0 Å². The van der Waals surface area contributed by atoms with Crippen LogP contribution in [0.1, 0.15) is 89.9 Å². The average molecular weight is 533 g/mol. The predicted octanol–water partition coefficient (Wildman–Crippen LogP) is 6.85. The molecule has 0 saturated heterocycles. The lowest BCUT2D eigenvalue weighted by Gasteiger charge is -2.62. The summed E-state index contributed by atoms with van der Waals surface area (Å²) in [5, 5.41) is 21.8. The number of hydrogen-bond acceptors (Lipinski definition) is 3. The normalized spacial score (nSPS) is 41.6. The van der Waals surface area contributed by atoms with Gasteiger partial charge in [0.2, 0.25) is 0 Å². The van der Waals surface area contributed by atoms with Gasteiger partial charge in [-0.2, -0.15) is 0 Å². The van der Waals surface area contributed by atoms with Crippen LogP contribution >= 0.6 is 0 Å². The summed E-state index contributed by atoms with van der Waals surface area (Å²) in [7, 11) is 0. The van der Waals surface area contributed by atoms with Crippen LogP contribution in [-0.4, -0.2) is 32.4 Å². The summed E-state index contributed by atoms with van der Waals surface area (Å²) in [5.41, 5.74) is -0.242. The molecule has 1 aromatic carbocycles. The van der Waals surface area contributed by atoms with Crippen LogP contribution in [0.5, 0.6) is 0 Å². The summed E-state index contributed by atoms with van der Waals surface area (Å²) in [6.07, 6.45) is 9.11. The highest BCUT2D eigenvalue weighted by Gasteiger charge is 2.62. The Morgan fingerprint density at radius 3 is 2.42 bits per heavy atom. The average Bonchev–Trinajstić information content (AvgIpc) is 3.47. The number of nitrogens with one attached hydrogen (secondary N) is 1. The molecular formula is C31H43F3N2O2. The number of aryl methyl sites for hydroxylation is 1. The van der Waals surface area contributed by atoms with Gasteiger partial charge in [-0.1, -0.05) is 20.8 Å². The molecule has 0 bridgehead atoms. The number of hydrogen-bond donors (Lipinski definition) is 3. The Balaban J connectivity index is 1.18. The van der Waals surface area contributed by atoms with Gasteiger partial charge >= 0.3 is 0 Å². The molecule has 0 aliphatic heterocycles. The van der Waals surface area contributed by atoms with Gasteiger partial charge in [-0.15, -0.1) is 0 Å². The molecule has 210 valence electrons. The first-order valence-corrected chi connectivity index (χ1v) is 14.8. The zero-order valence-corrected chi connectivity index (χ0v) is 23.2. The Labute approximate surface area is 223 Å². The number of aromatic amines is 1. The summed E-state index contributed by atoms with van der Waals surface area (Å²) in [5.74, 6) is 0.175. The Bertz CT molecular complexity index is 1190. The van der Waals surface area contributed by atoms with E-state index in [0.29, 0.717) is 47.8 Å². The van der Waals surface area contributed by atoms with Crippen LogP contribution in [-0.2, 0) is 6.42 Å². The standard InChI is InChI=1S/C31H43F3N2O2/c1-15(5-8-23-35-28-26(33)16(2)25(32)27(34)29(28)36-23)19-6-7-20-24-21(10-12-31(19,20)4)30(3)11-9-18(37)13-17(30)14-22(24)38/h15,17-22,24,37-38H,5-14H2,1-4H3,(H,35,36)/t15?,17-,18+,19+,20-,21-,22+,24-,30-,31+/m0/s1. The number of imidazole rings is 1. The number of rotatable bonds is 4. The van der Waals surface area contributed by atoms with Crippen LogP contribution in [0.2, 0.25) is 0 Å². The highest BCUT2D eigenvalue weighted by molar-refractivity contribution is 5.77. The van der Waals surface area contributed by atoms with Crippen molar-refractivity contribution in [3.63, 3.8) is 0 Å². The maximum Gasteiger partial charge on any atom is 0.187 e. The van der Waals surface area contributed by atoms with Crippen molar-refractivity contribution in [3.05, 3.63) is 28.8 Å². The van der Waals surface area contributed by atoms with Gasteiger partial charge in [-0.25, -0.2) is 18.2 Å². The quantitative estimate of drug-likeness (QED) is 0.377. The number of H-pyrrole nitrogens is 1. The van der Waals surface area contributed by atoms with Crippen LogP contribution in [0.15, 0.2) is 0 Å². The minimum absolute atomic E-state index is 0.0522. The third kappa shape index (κ3) is 3.81. The maximum atomic E-state index is 14.5. The van der Waals surface area contributed by atoms with Crippen molar-refractivity contribution in [2.45, 2.75) is 104 Å². The smallest absolute Gasteiger partial charge is 0.187 e. The third-order valence-corrected chi connectivity index (χ3v) is 12.3. The lowest BCUT2D eigenvalue weighted by molar-refractivity contribution is -0.174. The predicted molar refractivity (Wildman–Crippen MR) is 141 cm³/mol. The van der Waals surface area contributed by atoms with Crippen molar-refractivity contribution in [2.24, 2.45) is 46.3 Å².